The highest BCUT2D eigenvalue weighted by Gasteiger charge is 2.27. The summed E-state index contributed by atoms with van der Waals surface area (Å²) in [6.45, 7) is 4.57. The molecule has 0 amide bonds. The Balaban J connectivity index is 1.60. The number of esters is 2. The van der Waals surface area contributed by atoms with Crippen LogP contribution in [0.5, 0.6) is 11.5 Å². The lowest BCUT2D eigenvalue weighted by molar-refractivity contribution is -0.145. The fraction of sp³-hybridized carbons (Fsp3) is 0.556. The lowest BCUT2D eigenvalue weighted by Crippen LogP contribution is -2.43. The molecule has 0 saturated carbocycles. The van der Waals surface area contributed by atoms with E-state index in [1.165, 1.54) is 0 Å². The van der Waals surface area contributed by atoms with Gasteiger partial charge in [0.15, 0.2) is 11.5 Å². The van der Waals surface area contributed by atoms with Crippen molar-refractivity contribution in [3.63, 3.8) is 0 Å². The summed E-state index contributed by atoms with van der Waals surface area (Å²) in [5.74, 6) is 0.328. The number of hydrogen-bond acceptors (Lipinski definition) is 7. The van der Waals surface area contributed by atoms with E-state index >= 15 is 0 Å². The summed E-state index contributed by atoms with van der Waals surface area (Å²) >= 11 is 0. The van der Waals surface area contributed by atoms with Crippen LogP contribution >= 0.6 is 0 Å². The summed E-state index contributed by atoms with van der Waals surface area (Å²) in [5, 5.41) is 0. The molecule has 0 aromatic heterocycles. The first-order valence-corrected chi connectivity index (χ1v) is 8.65. The number of benzene rings is 1. The largest absolute Gasteiger partial charge is 0.486 e. The van der Waals surface area contributed by atoms with Crippen LogP contribution in [0.15, 0.2) is 18.2 Å². The third-order valence-electron chi connectivity index (χ3n) is 4.18. The normalized spacial score (nSPS) is 20.0. The van der Waals surface area contributed by atoms with Crippen molar-refractivity contribution in [2.24, 2.45) is 0 Å². The van der Waals surface area contributed by atoms with Crippen LogP contribution in [0.2, 0.25) is 0 Å². The minimum atomic E-state index is -0.426. The molecule has 1 aromatic rings. The molecule has 1 atom stereocenters. The Hall–Kier alpha value is -2.28. The molecular formula is C18H23NO6. The highest BCUT2D eigenvalue weighted by Crippen LogP contribution is 2.34. The molecule has 2 aliphatic heterocycles. The molecule has 7 heteroatoms. The minimum Gasteiger partial charge on any atom is -0.486 e. The molecule has 2 heterocycles. The van der Waals surface area contributed by atoms with Gasteiger partial charge >= 0.3 is 11.9 Å². The molecule has 1 saturated heterocycles. The molecule has 0 aliphatic carbocycles. The molecular weight excluding hydrogens is 326 g/mol. The molecule has 0 bridgehead atoms. The van der Waals surface area contributed by atoms with E-state index in [0.717, 1.165) is 19.4 Å². The predicted octanol–water partition coefficient (Wildman–Crippen LogP) is 1.64. The summed E-state index contributed by atoms with van der Waals surface area (Å²) in [5.41, 5.74) is 0.375. The fourth-order valence-electron chi connectivity index (χ4n) is 3.09. The van der Waals surface area contributed by atoms with Crippen LogP contribution in [0.3, 0.4) is 0 Å². The van der Waals surface area contributed by atoms with Crippen LogP contribution < -0.4 is 9.47 Å². The number of fused-ring (bicyclic) bond motifs is 1. The second kappa shape index (κ2) is 8.20. The summed E-state index contributed by atoms with van der Waals surface area (Å²) in [6.07, 6.45) is 1.39. The van der Waals surface area contributed by atoms with E-state index in [1.807, 2.05) is 4.90 Å². The fourth-order valence-corrected chi connectivity index (χ4v) is 3.09. The van der Waals surface area contributed by atoms with E-state index in [2.05, 4.69) is 0 Å². The van der Waals surface area contributed by atoms with Gasteiger partial charge in [-0.1, -0.05) is 6.07 Å². The van der Waals surface area contributed by atoms with E-state index in [1.54, 1.807) is 25.1 Å². The van der Waals surface area contributed by atoms with Gasteiger partial charge in [0.1, 0.15) is 24.9 Å². The van der Waals surface area contributed by atoms with Crippen molar-refractivity contribution >= 4 is 11.9 Å². The number of carbonyl (C=O) groups is 2. The second-order valence-electron chi connectivity index (χ2n) is 6.04. The average molecular weight is 349 g/mol. The Kier molecular flexibility index (Phi) is 5.75. The Labute approximate surface area is 146 Å². The number of ether oxygens (including phenoxy) is 4. The van der Waals surface area contributed by atoms with Gasteiger partial charge in [-0.15, -0.1) is 0 Å². The molecule has 1 fully saturated rings. The Bertz CT molecular complexity index is 632. The van der Waals surface area contributed by atoms with Crippen LogP contribution in [0.25, 0.3) is 0 Å². The molecule has 0 N–H and O–H groups in total. The van der Waals surface area contributed by atoms with Gasteiger partial charge in [0, 0.05) is 6.54 Å². The maximum absolute atomic E-state index is 12.5. The van der Waals surface area contributed by atoms with E-state index in [9.17, 15) is 9.59 Å². The first kappa shape index (κ1) is 17.5. The van der Waals surface area contributed by atoms with Gasteiger partial charge in [-0.3, -0.25) is 9.69 Å². The predicted molar refractivity (Wildman–Crippen MR) is 88.9 cm³/mol. The third-order valence-corrected chi connectivity index (χ3v) is 4.18. The molecule has 2 aliphatic rings. The van der Waals surface area contributed by atoms with Gasteiger partial charge in [0.05, 0.1) is 13.2 Å². The number of rotatable bonds is 5. The molecule has 136 valence electrons. The van der Waals surface area contributed by atoms with Gasteiger partial charge < -0.3 is 18.9 Å². The smallest absolute Gasteiger partial charge is 0.342 e. The zero-order valence-corrected chi connectivity index (χ0v) is 14.4. The van der Waals surface area contributed by atoms with Crippen molar-refractivity contribution in [3.8, 4) is 11.5 Å². The zero-order valence-electron chi connectivity index (χ0n) is 14.4. The van der Waals surface area contributed by atoms with Crippen LogP contribution in [0.4, 0.5) is 0 Å². The topological polar surface area (TPSA) is 74.3 Å². The number of para-hydroxylation sites is 1. The number of hydrogen-bond donors (Lipinski definition) is 0. The lowest BCUT2D eigenvalue weighted by atomic mass is 10.1. The molecule has 0 spiro atoms. The Morgan fingerprint density at radius 1 is 1.28 bits per heavy atom. The number of likely N-dealkylation sites (tertiary alicyclic amines) is 1. The third kappa shape index (κ3) is 4.42. The van der Waals surface area contributed by atoms with E-state index in [4.69, 9.17) is 18.9 Å². The van der Waals surface area contributed by atoms with E-state index < -0.39 is 5.97 Å². The Morgan fingerprint density at radius 2 is 2.12 bits per heavy atom. The van der Waals surface area contributed by atoms with Crippen molar-refractivity contribution in [1.29, 1.82) is 0 Å². The highest BCUT2D eigenvalue weighted by molar-refractivity contribution is 5.93. The van der Waals surface area contributed by atoms with Gasteiger partial charge in [-0.05, 0) is 38.4 Å². The lowest BCUT2D eigenvalue weighted by Gasteiger charge is -2.31. The number of nitrogens with zero attached hydrogens (tertiary/aromatic N) is 1. The molecule has 0 unspecified atom stereocenters. The van der Waals surface area contributed by atoms with Crippen molar-refractivity contribution in [2.45, 2.75) is 25.9 Å². The summed E-state index contributed by atoms with van der Waals surface area (Å²) in [6, 6.07) is 5.19. The SMILES string of the molecule is CCOC(=O)CN1CCC[C@@H](OC(=O)c2cccc3c2OCCO3)C1. The standard InChI is InChI=1S/C18H23NO6/c1-2-22-16(20)12-19-8-4-5-13(11-19)25-18(21)14-6-3-7-15-17(14)24-10-9-23-15/h3,6-7,13H,2,4-5,8-12H2,1H3/t13-/m1/s1. The van der Waals surface area contributed by atoms with Crippen LogP contribution in [0.1, 0.15) is 30.1 Å². The quantitative estimate of drug-likeness (QED) is 0.748. The number of piperidine rings is 1. The first-order valence-electron chi connectivity index (χ1n) is 8.65. The van der Waals surface area contributed by atoms with Gasteiger partial charge in [0.25, 0.3) is 0 Å². The summed E-state index contributed by atoms with van der Waals surface area (Å²) < 4.78 is 21.7. The molecule has 7 nitrogen and oxygen atoms in total. The molecule has 25 heavy (non-hydrogen) atoms. The minimum absolute atomic E-state index is 0.222. The summed E-state index contributed by atoms with van der Waals surface area (Å²) in [7, 11) is 0. The van der Waals surface area contributed by atoms with Gasteiger partial charge in [0.2, 0.25) is 0 Å². The van der Waals surface area contributed by atoms with Crippen molar-refractivity contribution in [1.82, 2.24) is 4.90 Å². The number of carbonyl (C=O) groups excluding carboxylic acids is 2. The van der Waals surface area contributed by atoms with Crippen molar-refractivity contribution in [2.75, 3.05) is 39.5 Å². The van der Waals surface area contributed by atoms with Gasteiger partial charge in [-0.25, -0.2) is 4.79 Å². The van der Waals surface area contributed by atoms with Crippen molar-refractivity contribution < 1.29 is 28.5 Å². The Morgan fingerprint density at radius 3 is 2.96 bits per heavy atom. The van der Waals surface area contributed by atoms with Crippen LogP contribution in [-0.2, 0) is 14.3 Å². The first-order chi connectivity index (χ1) is 12.2. The zero-order chi connectivity index (χ0) is 17.6. The summed E-state index contributed by atoms with van der Waals surface area (Å²) in [4.78, 5) is 26.1. The van der Waals surface area contributed by atoms with Crippen molar-refractivity contribution in [3.05, 3.63) is 23.8 Å². The van der Waals surface area contributed by atoms with Crippen LogP contribution in [0, 0.1) is 0 Å². The monoisotopic (exact) mass is 349 g/mol. The van der Waals surface area contributed by atoms with E-state index in [-0.39, 0.29) is 18.6 Å². The maximum Gasteiger partial charge on any atom is 0.342 e. The molecule has 3 rings (SSSR count). The average Bonchev–Trinajstić information content (AvgIpc) is 2.61. The molecule has 1 aromatic carbocycles. The van der Waals surface area contributed by atoms with Gasteiger partial charge in [-0.2, -0.15) is 0 Å². The molecule has 0 radical (unpaired) electrons. The maximum atomic E-state index is 12.5. The highest BCUT2D eigenvalue weighted by atomic mass is 16.6. The van der Waals surface area contributed by atoms with E-state index in [0.29, 0.717) is 43.4 Å². The van der Waals surface area contributed by atoms with Crippen LogP contribution in [-0.4, -0.2) is 62.4 Å². The second-order valence-corrected chi connectivity index (χ2v) is 6.04.